The third kappa shape index (κ3) is 3.07. The minimum atomic E-state index is -0.551. The fraction of sp³-hybridized carbons (Fsp3) is 0.667. The molecule has 2 atom stereocenters. The average Bonchev–Trinajstić information content (AvgIpc) is 2.92. The fourth-order valence-electron chi connectivity index (χ4n) is 2.30. The molecule has 2 heterocycles. The Kier molecular flexibility index (Phi) is 4.68. The van der Waals surface area contributed by atoms with Crippen LogP contribution in [-0.4, -0.2) is 48.6 Å². The normalized spacial score (nSPS) is 21.9. The lowest BCUT2D eigenvalue weighted by Gasteiger charge is -2.33. The summed E-state index contributed by atoms with van der Waals surface area (Å²) in [5.41, 5.74) is 5.79. The minimum Gasteiger partial charge on any atom is -0.383 e. The lowest BCUT2D eigenvalue weighted by atomic mass is 9.98. The van der Waals surface area contributed by atoms with Crippen molar-refractivity contribution in [2.24, 2.45) is 5.73 Å². The Morgan fingerprint density at radius 3 is 3.28 bits per heavy atom. The van der Waals surface area contributed by atoms with Crippen LogP contribution in [0.1, 0.15) is 23.8 Å². The molecule has 0 saturated carbocycles. The van der Waals surface area contributed by atoms with Gasteiger partial charge in [-0.05, 0) is 12.8 Å². The van der Waals surface area contributed by atoms with Crippen molar-refractivity contribution < 1.29 is 9.53 Å². The van der Waals surface area contributed by atoms with E-state index in [1.54, 1.807) is 18.4 Å². The monoisotopic (exact) mass is 269 g/mol. The van der Waals surface area contributed by atoms with E-state index in [1.165, 1.54) is 0 Å². The molecule has 1 aromatic rings. The van der Waals surface area contributed by atoms with Gasteiger partial charge < -0.3 is 15.4 Å². The second-order valence-electron chi connectivity index (χ2n) is 4.56. The van der Waals surface area contributed by atoms with Gasteiger partial charge in [0.15, 0.2) is 0 Å². The van der Waals surface area contributed by atoms with E-state index in [0.29, 0.717) is 5.92 Å². The molecule has 18 heavy (non-hydrogen) atoms. The number of aromatic nitrogens is 1. The lowest BCUT2D eigenvalue weighted by Crippen LogP contribution is -2.49. The Balaban J connectivity index is 1.96. The van der Waals surface area contributed by atoms with Crippen LogP contribution >= 0.6 is 11.3 Å². The summed E-state index contributed by atoms with van der Waals surface area (Å²) >= 11 is 1.66. The Hall–Kier alpha value is -0.980. The van der Waals surface area contributed by atoms with Crippen LogP contribution in [0, 0.1) is 0 Å². The Labute approximate surface area is 111 Å². The summed E-state index contributed by atoms with van der Waals surface area (Å²) in [6.07, 6.45) is 3.92. The first kappa shape index (κ1) is 13.5. The van der Waals surface area contributed by atoms with E-state index in [4.69, 9.17) is 10.5 Å². The van der Waals surface area contributed by atoms with E-state index in [2.05, 4.69) is 4.98 Å². The highest BCUT2D eigenvalue weighted by Crippen LogP contribution is 2.28. The number of nitrogens with zero attached hydrogens (tertiary/aromatic N) is 2. The molecule has 1 aliphatic heterocycles. The smallest absolute Gasteiger partial charge is 0.241 e. The Bertz CT molecular complexity index is 383. The predicted molar refractivity (Wildman–Crippen MR) is 70.5 cm³/mol. The van der Waals surface area contributed by atoms with Crippen LogP contribution in [0.5, 0.6) is 0 Å². The van der Waals surface area contributed by atoms with Crippen molar-refractivity contribution in [3.63, 3.8) is 0 Å². The Morgan fingerprint density at radius 2 is 2.61 bits per heavy atom. The number of nitrogens with two attached hydrogens (primary N) is 1. The van der Waals surface area contributed by atoms with Gasteiger partial charge in [0.25, 0.3) is 0 Å². The quantitative estimate of drug-likeness (QED) is 0.879. The molecule has 1 saturated heterocycles. The Morgan fingerprint density at radius 1 is 1.78 bits per heavy atom. The zero-order valence-electron chi connectivity index (χ0n) is 10.5. The number of thiazole rings is 1. The van der Waals surface area contributed by atoms with Gasteiger partial charge >= 0.3 is 0 Å². The van der Waals surface area contributed by atoms with Gasteiger partial charge in [0, 0.05) is 37.7 Å². The summed E-state index contributed by atoms with van der Waals surface area (Å²) in [7, 11) is 1.56. The minimum absolute atomic E-state index is 0.0156. The zero-order chi connectivity index (χ0) is 13.0. The van der Waals surface area contributed by atoms with Crippen LogP contribution in [0.3, 0.4) is 0 Å². The lowest BCUT2D eigenvalue weighted by molar-refractivity contribution is -0.135. The fourth-order valence-corrected chi connectivity index (χ4v) is 3.07. The number of hydrogen-bond donors (Lipinski definition) is 1. The number of piperidine rings is 1. The first-order valence-corrected chi connectivity index (χ1v) is 7.03. The van der Waals surface area contributed by atoms with E-state index in [-0.39, 0.29) is 12.5 Å². The van der Waals surface area contributed by atoms with Gasteiger partial charge in [-0.25, -0.2) is 4.98 Å². The van der Waals surface area contributed by atoms with Crippen LogP contribution in [-0.2, 0) is 9.53 Å². The number of carbonyl (C=O) groups excluding carboxylic acids is 1. The number of hydrogen-bond acceptors (Lipinski definition) is 5. The zero-order valence-corrected chi connectivity index (χ0v) is 11.4. The second-order valence-corrected chi connectivity index (χ2v) is 5.48. The van der Waals surface area contributed by atoms with Crippen molar-refractivity contribution in [2.45, 2.75) is 24.8 Å². The summed E-state index contributed by atoms with van der Waals surface area (Å²) in [5, 5.41) is 3.10. The van der Waals surface area contributed by atoms with Crippen LogP contribution < -0.4 is 5.73 Å². The van der Waals surface area contributed by atoms with Crippen LogP contribution in [0.15, 0.2) is 11.6 Å². The SMILES string of the molecule is COCC(N)C(=O)N1CCCC(c2nccs2)C1. The van der Waals surface area contributed by atoms with Crippen molar-refractivity contribution in [3.8, 4) is 0 Å². The van der Waals surface area contributed by atoms with Gasteiger partial charge in [-0.2, -0.15) is 0 Å². The number of methoxy groups -OCH3 is 1. The van der Waals surface area contributed by atoms with Crippen molar-refractivity contribution in [1.82, 2.24) is 9.88 Å². The average molecular weight is 269 g/mol. The molecule has 100 valence electrons. The molecule has 0 radical (unpaired) electrons. The largest absolute Gasteiger partial charge is 0.383 e. The molecule has 0 aliphatic carbocycles. The molecule has 6 heteroatoms. The third-order valence-electron chi connectivity index (χ3n) is 3.20. The molecule has 0 aromatic carbocycles. The topological polar surface area (TPSA) is 68.5 Å². The van der Waals surface area contributed by atoms with Crippen LogP contribution in [0.25, 0.3) is 0 Å². The number of likely N-dealkylation sites (tertiary alicyclic amines) is 1. The first-order valence-electron chi connectivity index (χ1n) is 6.15. The summed E-state index contributed by atoms with van der Waals surface area (Å²) in [6, 6.07) is -0.551. The molecule has 1 amide bonds. The molecule has 2 N–H and O–H groups in total. The maximum Gasteiger partial charge on any atom is 0.241 e. The van der Waals surface area contributed by atoms with E-state index < -0.39 is 6.04 Å². The highest BCUT2D eigenvalue weighted by Gasteiger charge is 2.28. The van der Waals surface area contributed by atoms with Gasteiger partial charge in [0.05, 0.1) is 11.6 Å². The van der Waals surface area contributed by atoms with Crippen molar-refractivity contribution in [2.75, 3.05) is 26.8 Å². The van der Waals surface area contributed by atoms with Gasteiger partial charge in [-0.3, -0.25) is 4.79 Å². The van der Waals surface area contributed by atoms with Crippen LogP contribution in [0.2, 0.25) is 0 Å². The maximum absolute atomic E-state index is 12.1. The molecule has 1 fully saturated rings. The molecule has 5 nitrogen and oxygen atoms in total. The molecular weight excluding hydrogens is 250 g/mol. The van der Waals surface area contributed by atoms with Gasteiger partial charge in [-0.15, -0.1) is 11.3 Å². The van der Waals surface area contributed by atoms with E-state index in [9.17, 15) is 4.79 Å². The second kappa shape index (κ2) is 6.26. The first-order chi connectivity index (χ1) is 8.72. The number of amides is 1. The highest BCUT2D eigenvalue weighted by atomic mass is 32.1. The molecule has 2 rings (SSSR count). The van der Waals surface area contributed by atoms with Gasteiger partial charge in [0.1, 0.15) is 6.04 Å². The van der Waals surface area contributed by atoms with Crippen molar-refractivity contribution in [3.05, 3.63) is 16.6 Å². The molecule has 0 bridgehead atoms. The highest BCUT2D eigenvalue weighted by molar-refractivity contribution is 7.09. The summed E-state index contributed by atoms with van der Waals surface area (Å²) in [6.45, 7) is 1.79. The van der Waals surface area contributed by atoms with Crippen LogP contribution in [0.4, 0.5) is 0 Å². The summed E-state index contributed by atoms with van der Waals surface area (Å²) in [5.74, 6) is 0.343. The van der Waals surface area contributed by atoms with Gasteiger partial charge in [0.2, 0.25) is 5.91 Å². The molecular formula is C12H19N3O2S. The van der Waals surface area contributed by atoms with E-state index in [0.717, 1.165) is 30.9 Å². The van der Waals surface area contributed by atoms with Crippen molar-refractivity contribution in [1.29, 1.82) is 0 Å². The number of rotatable bonds is 4. The summed E-state index contributed by atoms with van der Waals surface area (Å²) < 4.78 is 4.93. The molecule has 1 aliphatic rings. The van der Waals surface area contributed by atoms with Crippen molar-refractivity contribution >= 4 is 17.2 Å². The summed E-state index contributed by atoms with van der Waals surface area (Å²) in [4.78, 5) is 18.3. The molecule has 1 aromatic heterocycles. The number of carbonyl (C=O) groups is 1. The van der Waals surface area contributed by atoms with E-state index >= 15 is 0 Å². The third-order valence-corrected chi connectivity index (χ3v) is 4.14. The standard InChI is InChI=1S/C12H19N3O2S/c1-17-8-10(13)12(16)15-5-2-3-9(7-15)11-14-4-6-18-11/h4,6,9-10H,2-3,5,7-8,13H2,1H3. The molecule has 0 spiro atoms. The predicted octanol–water partition coefficient (Wildman–Crippen LogP) is 0.823. The maximum atomic E-state index is 12.1. The van der Waals surface area contributed by atoms with Gasteiger partial charge in [-0.1, -0.05) is 0 Å². The molecule has 2 unspecified atom stereocenters. The number of ether oxygens (including phenoxy) is 1. The van der Waals surface area contributed by atoms with E-state index in [1.807, 2.05) is 16.5 Å².